The summed E-state index contributed by atoms with van der Waals surface area (Å²) in [7, 11) is 0. The van der Waals surface area contributed by atoms with Crippen LogP contribution in [0.5, 0.6) is 11.5 Å². The molecule has 0 spiro atoms. The maximum absolute atomic E-state index is 11.6. The van der Waals surface area contributed by atoms with Gasteiger partial charge in [0.25, 0.3) is 0 Å². The molecule has 0 aliphatic carbocycles. The van der Waals surface area contributed by atoms with Crippen molar-refractivity contribution >= 4 is 23.3 Å². The van der Waals surface area contributed by atoms with Crippen molar-refractivity contribution in [1.82, 2.24) is 0 Å². The number of carbonyl (C=O) groups excluding carboxylic acids is 1. The number of nitrogens with two attached hydrogens (primary N) is 1. The fraction of sp³-hybridized carbons (Fsp3) is 0.0714. The summed E-state index contributed by atoms with van der Waals surface area (Å²) < 4.78 is 10.3. The summed E-state index contributed by atoms with van der Waals surface area (Å²) >= 11 is 5.78. The molecule has 0 aromatic heterocycles. The summed E-state index contributed by atoms with van der Waals surface area (Å²) in [6, 6.07) is 13.4. The number of ether oxygens (including phenoxy) is 2. The molecular formula is C14H12ClNO3. The van der Waals surface area contributed by atoms with Crippen LogP contribution in [0.15, 0.2) is 48.5 Å². The van der Waals surface area contributed by atoms with E-state index in [0.29, 0.717) is 22.2 Å². The highest BCUT2D eigenvalue weighted by Gasteiger charge is 2.06. The SMILES string of the molecule is Nc1cccc(OCC(=O)Oc2cccc(Cl)c2)c1. The molecule has 0 heterocycles. The average molecular weight is 278 g/mol. The van der Waals surface area contributed by atoms with Gasteiger partial charge in [0.1, 0.15) is 11.5 Å². The summed E-state index contributed by atoms with van der Waals surface area (Å²) in [5.41, 5.74) is 6.16. The fourth-order valence-electron chi connectivity index (χ4n) is 1.44. The Morgan fingerprint density at radius 3 is 2.58 bits per heavy atom. The Hall–Kier alpha value is -2.20. The first-order valence-electron chi connectivity index (χ1n) is 5.58. The third kappa shape index (κ3) is 4.19. The molecule has 0 unspecified atom stereocenters. The lowest BCUT2D eigenvalue weighted by atomic mass is 10.3. The van der Waals surface area contributed by atoms with E-state index in [1.165, 1.54) is 0 Å². The Morgan fingerprint density at radius 1 is 1.11 bits per heavy atom. The molecule has 0 radical (unpaired) electrons. The molecule has 0 saturated heterocycles. The van der Waals surface area contributed by atoms with Gasteiger partial charge in [-0.3, -0.25) is 0 Å². The number of hydrogen-bond donors (Lipinski definition) is 1. The Balaban J connectivity index is 1.88. The van der Waals surface area contributed by atoms with E-state index in [1.807, 2.05) is 0 Å². The molecule has 0 aliphatic heterocycles. The van der Waals surface area contributed by atoms with Gasteiger partial charge in [-0.05, 0) is 30.3 Å². The molecule has 2 N–H and O–H groups in total. The number of nitrogen functional groups attached to an aromatic ring is 1. The van der Waals surface area contributed by atoms with Crippen LogP contribution in [-0.4, -0.2) is 12.6 Å². The molecule has 2 aromatic carbocycles. The van der Waals surface area contributed by atoms with Crippen LogP contribution in [0, 0.1) is 0 Å². The van der Waals surface area contributed by atoms with E-state index in [4.69, 9.17) is 26.8 Å². The van der Waals surface area contributed by atoms with Crippen LogP contribution >= 0.6 is 11.6 Å². The molecule has 4 nitrogen and oxygen atoms in total. The van der Waals surface area contributed by atoms with Crippen molar-refractivity contribution in [1.29, 1.82) is 0 Å². The topological polar surface area (TPSA) is 61.5 Å². The van der Waals surface area contributed by atoms with E-state index in [1.54, 1.807) is 48.5 Å². The van der Waals surface area contributed by atoms with Crippen molar-refractivity contribution in [3.05, 3.63) is 53.6 Å². The first-order valence-corrected chi connectivity index (χ1v) is 5.96. The van der Waals surface area contributed by atoms with Crippen molar-refractivity contribution in [2.45, 2.75) is 0 Å². The van der Waals surface area contributed by atoms with Crippen LogP contribution in [0.1, 0.15) is 0 Å². The van der Waals surface area contributed by atoms with Gasteiger partial charge in [-0.15, -0.1) is 0 Å². The molecule has 2 aromatic rings. The molecule has 2 rings (SSSR count). The highest BCUT2D eigenvalue weighted by atomic mass is 35.5. The van der Waals surface area contributed by atoms with Gasteiger partial charge in [-0.1, -0.05) is 23.7 Å². The third-order valence-electron chi connectivity index (χ3n) is 2.24. The van der Waals surface area contributed by atoms with Crippen molar-refractivity contribution in [2.75, 3.05) is 12.3 Å². The Bertz CT molecular complexity index is 586. The zero-order chi connectivity index (χ0) is 13.7. The van der Waals surface area contributed by atoms with Gasteiger partial charge in [0.2, 0.25) is 0 Å². The van der Waals surface area contributed by atoms with Crippen LogP contribution in [-0.2, 0) is 4.79 Å². The van der Waals surface area contributed by atoms with E-state index in [0.717, 1.165) is 0 Å². The second-order valence-corrected chi connectivity index (χ2v) is 4.23. The fourth-order valence-corrected chi connectivity index (χ4v) is 1.62. The summed E-state index contributed by atoms with van der Waals surface area (Å²) in [6.07, 6.45) is 0. The van der Waals surface area contributed by atoms with Crippen LogP contribution < -0.4 is 15.2 Å². The predicted octanol–water partition coefficient (Wildman–Crippen LogP) is 2.91. The lowest BCUT2D eigenvalue weighted by Gasteiger charge is -2.07. The summed E-state index contributed by atoms with van der Waals surface area (Å²) in [5, 5.41) is 0.502. The number of hydrogen-bond acceptors (Lipinski definition) is 4. The molecule has 98 valence electrons. The van der Waals surface area contributed by atoms with E-state index in [9.17, 15) is 4.79 Å². The summed E-state index contributed by atoms with van der Waals surface area (Å²) in [5.74, 6) is 0.390. The number of esters is 1. The largest absolute Gasteiger partial charge is 0.482 e. The molecule has 5 heteroatoms. The van der Waals surface area contributed by atoms with Crippen LogP contribution in [0.25, 0.3) is 0 Å². The molecule has 19 heavy (non-hydrogen) atoms. The lowest BCUT2D eigenvalue weighted by Crippen LogP contribution is -2.17. The van der Waals surface area contributed by atoms with Gasteiger partial charge in [0.05, 0.1) is 0 Å². The first kappa shape index (κ1) is 13.2. The molecule has 0 saturated carbocycles. The zero-order valence-corrected chi connectivity index (χ0v) is 10.8. The summed E-state index contributed by atoms with van der Waals surface area (Å²) in [4.78, 5) is 11.6. The maximum Gasteiger partial charge on any atom is 0.349 e. The molecule has 0 bridgehead atoms. The Kier molecular flexibility index (Phi) is 4.26. The minimum Gasteiger partial charge on any atom is -0.482 e. The molecule has 0 amide bonds. The highest BCUT2D eigenvalue weighted by Crippen LogP contribution is 2.18. The first-order chi connectivity index (χ1) is 9.13. The predicted molar refractivity (Wildman–Crippen MR) is 73.4 cm³/mol. The van der Waals surface area contributed by atoms with Crippen molar-refractivity contribution in [3.63, 3.8) is 0 Å². The maximum atomic E-state index is 11.6. The van der Waals surface area contributed by atoms with Gasteiger partial charge in [0, 0.05) is 16.8 Å². The average Bonchev–Trinajstić information content (AvgIpc) is 2.36. The monoisotopic (exact) mass is 277 g/mol. The molecule has 0 aliphatic rings. The van der Waals surface area contributed by atoms with Gasteiger partial charge in [-0.2, -0.15) is 0 Å². The second-order valence-electron chi connectivity index (χ2n) is 3.79. The highest BCUT2D eigenvalue weighted by molar-refractivity contribution is 6.30. The third-order valence-corrected chi connectivity index (χ3v) is 2.48. The van der Waals surface area contributed by atoms with Crippen molar-refractivity contribution < 1.29 is 14.3 Å². The van der Waals surface area contributed by atoms with E-state index < -0.39 is 5.97 Å². The van der Waals surface area contributed by atoms with Gasteiger partial charge in [0.15, 0.2) is 6.61 Å². The van der Waals surface area contributed by atoms with E-state index in [2.05, 4.69) is 0 Å². The Labute approximate surface area is 115 Å². The van der Waals surface area contributed by atoms with Gasteiger partial charge < -0.3 is 15.2 Å². The minimum absolute atomic E-state index is 0.198. The second kappa shape index (κ2) is 6.11. The van der Waals surface area contributed by atoms with E-state index >= 15 is 0 Å². The number of anilines is 1. The van der Waals surface area contributed by atoms with Crippen LogP contribution in [0.2, 0.25) is 5.02 Å². The van der Waals surface area contributed by atoms with Crippen LogP contribution in [0.4, 0.5) is 5.69 Å². The van der Waals surface area contributed by atoms with Gasteiger partial charge >= 0.3 is 5.97 Å². The zero-order valence-electron chi connectivity index (χ0n) is 10.0. The number of rotatable bonds is 4. The number of benzene rings is 2. The molecule has 0 fully saturated rings. The van der Waals surface area contributed by atoms with E-state index in [-0.39, 0.29) is 6.61 Å². The Morgan fingerprint density at radius 2 is 1.84 bits per heavy atom. The van der Waals surface area contributed by atoms with Crippen molar-refractivity contribution in [3.8, 4) is 11.5 Å². The standard InChI is InChI=1S/C14H12ClNO3/c15-10-3-1-6-13(7-10)19-14(17)9-18-12-5-2-4-11(16)8-12/h1-8H,9,16H2. The van der Waals surface area contributed by atoms with Crippen LogP contribution in [0.3, 0.4) is 0 Å². The van der Waals surface area contributed by atoms with Crippen molar-refractivity contribution in [2.24, 2.45) is 0 Å². The normalized spacial score (nSPS) is 9.95. The lowest BCUT2D eigenvalue weighted by molar-refractivity contribution is -0.136. The summed E-state index contributed by atoms with van der Waals surface area (Å²) in [6.45, 7) is -0.198. The molecular weight excluding hydrogens is 266 g/mol. The quantitative estimate of drug-likeness (QED) is 0.530. The minimum atomic E-state index is -0.510. The van der Waals surface area contributed by atoms with Gasteiger partial charge in [-0.25, -0.2) is 4.79 Å². The molecule has 0 atom stereocenters. The number of halogens is 1. The number of carbonyl (C=O) groups is 1. The smallest absolute Gasteiger partial charge is 0.349 e.